The average molecular weight is 269 g/mol. The molecule has 0 saturated heterocycles. The van der Waals surface area contributed by atoms with Crippen LogP contribution in [0.4, 0.5) is 11.6 Å². The highest BCUT2D eigenvalue weighted by Gasteiger charge is 2.28. The van der Waals surface area contributed by atoms with Crippen molar-refractivity contribution in [3.63, 3.8) is 0 Å². The van der Waals surface area contributed by atoms with E-state index in [0.717, 1.165) is 18.4 Å². The maximum absolute atomic E-state index is 9.48. The van der Waals surface area contributed by atoms with Gasteiger partial charge in [-0.3, -0.25) is 0 Å². The van der Waals surface area contributed by atoms with Crippen LogP contribution in [-0.2, 0) is 6.42 Å². The van der Waals surface area contributed by atoms with E-state index in [0.29, 0.717) is 18.1 Å². The SMILES string of the molecule is CCCc1c(NN)ncnc1NC(CC)(CO)CO. The third kappa shape index (κ3) is 3.52. The molecule has 7 heteroatoms. The van der Waals surface area contributed by atoms with Gasteiger partial charge < -0.3 is 21.0 Å². The van der Waals surface area contributed by atoms with Gasteiger partial charge in [-0.1, -0.05) is 20.3 Å². The molecule has 0 aliphatic heterocycles. The van der Waals surface area contributed by atoms with Crippen molar-refractivity contribution in [2.75, 3.05) is 24.0 Å². The summed E-state index contributed by atoms with van der Waals surface area (Å²) in [6.07, 6.45) is 3.63. The quantitative estimate of drug-likeness (QED) is 0.339. The smallest absolute Gasteiger partial charge is 0.148 e. The van der Waals surface area contributed by atoms with Gasteiger partial charge in [0.2, 0.25) is 0 Å². The predicted octanol–water partition coefficient (Wildman–Crippen LogP) is 0.260. The molecule has 0 aliphatic carbocycles. The van der Waals surface area contributed by atoms with Gasteiger partial charge in [0, 0.05) is 5.56 Å². The molecule has 0 unspecified atom stereocenters. The Bertz CT molecular complexity index is 387. The van der Waals surface area contributed by atoms with Crippen LogP contribution in [0.25, 0.3) is 0 Å². The molecule has 7 nitrogen and oxygen atoms in total. The van der Waals surface area contributed by atoms with Gasteiger partial charge in [0.1, 0.15) is 18.0 Å². The summed E-state index contributed by atoms with van der Waals surface area (Å²) >= 11 is 0. The Morgan fingerprint density at radius 2 is 1.84 bits per heavy atom. The molecule has 0 saturated carbocycles. The van der Waals surface area contributed by atoms with Crippen LogP contribution in [0.2, 0.25) is 0 Å². The molecule has 1 heterocycles. The first-order valence-electron chi connectivity index (χ1n) is 6.46. The van der Waals surface area contributed by atoms with Crippen LogP contribution in [0.3, 0.4) is 0 Å². The number of nitrogen functional groups attached to an aromatic ring is 1. The third-order valence-corrected chi connectivity index (χ3v) is 3.25. The van der Waals surface area contributed by atoms with Gasteiger partial charge in [-0.2, -0.15) is 0 Å². The maximum atomic E-state index is 9.48. The molecule has 0 atom stereocenters. The van der Waals surface area contributed by atoms with Crippen molar-refractivity contribution < 1.29 is 10.2 Å². The molecule has 6 N–H and O–H groups in total. The van der Waals surface area contributed by atoms with E-state index in [1.807, 2.05) is 13.8 Å². The van der Waals surface area contributed by atoms with Crippen molar-refractivity contribution in [3.8, 4) is 0 Å². The number of nitrogens with one attached hydrogen (secondary N) is 2. The highest BCUT2D eigenvalue weighted by Crippen LogP contribution is 2.25. The summed E-state index contributed by atoms with van der Waals surface area (Å²) < 4.78 is 0. The molecule has 0 spiro atoms. The molecule has 108 valence electrons. The highest BCUT2D eigenvalue weighted by atomic mass is 16.3. The van der Waals surface area contributed by atoms with Crippen LogP contribution >= 0.6 is 0 Å². The molecule has 1 aromatic heterocycles. The summed E-state index contributed by atoms with van der Waals surface area (Å²) in [5, 5.41) is 22.1. The van der Waals surface area contributed by atoms with E-state index in [-0.39, 0.29) is 13.2 Å². The molecule has 0 aliphatic rings. The summed E-state index contributed by atoms with van der Waals surface area (Å²) in [4.78, 5) is 8.27. The van der Waals surface area contributed by atoms with Crippen LogP contribution in [-0.4, -0.2) is 38.9 Å². The lowest BCUT2D eigenvalue weighted by atomic mass is 9.98. The van der Waals surface area contributed by atoms with Gasteiger partial charge in [0.25, 0.3) is 0 Å². The van der Waals surface area contributed by atoms with E-state index >= 15 is 0 Å². The average Bonchev–Trinajstić information content (AvgIpc) is 2.46. The zero-order chi connectivity index (χ0) is 14.3. The number of hydrogen-bond acceptors (Lipinski definition) is 7. The summed E-state index contributed by atoms with van der Waals surface area (Å²) in [6, 6.07) is 0. The lowest BCUT2D eigenvalue weighted by Crippen LogP contribution is -2.45. The van der Waals surface area contributed by atoms with Crippen LogP contribution < -0.4 is 16.6 Å². The van der Waals surface area contributed by atoms with E-state index in [4.69, 9.17) is 5.84 Å². The van der Waals surface area contributed by atoms with E-state index < -0.39 is 5.54 Å². The number of hydrogen-bond donors (Lipinski definition) is 5. The molecule has 0 fully saturated rings. The second-order valence-electron chi connectivity index (χ2n) is 4.52. The van der Waals surface area contributed by atoms with Crippen LogP contribution in [0.15, 0.2) is 6.33 Å². The van der Waals surface area contributed by atoms with Crippen LogP contribution in [0, 0.1) is 0 Å². The Kier molecular flexibility index (Phi) is 5.94. The first kappa shape index (κ1) is 15.6. The zero-order valence-electron chi connectivity index (χ0n) is 11.5. The number of nitrogens with zero attached hydrogens (tertiary/aromatic N) is 2. The van der Waals surface area contributed by atoms with E-state index in [2.05, 4.69) is 20.7 Å². The lowest BCUT2D eigenvalue weighted by Gasteiger charge is -2.31. The number of hydrazine groups is 1. The summed E-state index contributed by atoms with van der Waals surface area (Å²) in [5.41, 5.74) is 2.61. The van der Waals surface area contributed by atoms with Gasteiger partial charge >= 0.3 is 0 Å². The number of rotatable bonds is 8. The van der Waals surface area contributed by atoms with Gasteiger partial charge in [-0.25, -0.2) is 15.8 Å². The van der Waals surface area contributed by atoms with Crippen molar-refractivity contribution in [2.24, 2.45) is 5.84 Å². The van der Waals surface area contributed by atoms with Gasteiger partial charge in [0.15, 0.2) is 0 Å². The molecule has 19 heavy (non-hydrogen) atoms. The molecule has 0 radical (unpaired) electrons. The topological polar surface area (TPSA) is 116 Å². The fourth-order valence-corrected chi connectivity index (χ4v) is 1.82. The molecule has 0 amide bonds. The Balaban J connectivity index is 3.11. The van der Waals surface area contributed by atoms with Crippen molar-refractivity contribution >= 4 is 11.6 Å². The standard InChI is InChI=1S/C12H23N5O2/c1-3-5-9-10(14-8-15-11(9)17-13)16-12(4-2,6-18)7-19/h8,18-19H,3-7,13H2,1-2H3,(H2,14,15,16,17). The molecule has 0 bridgehead atoms. The van der Waals surface area contributed by atoms with Crippen LogP contribution in [0.1, 0.15) is 32.3 Å². The largest absolute Gasteiger partial charge is 0.394 e. The minimum atomic E-state index is -0.789. The van der Waals surface area contributed by atoms with Crippen molar-refractivity contribution in [1.82, 2.24) is 9.97 Å². The molecular weight excluding hydrogens is 246 g/mol. The Morgan fingerprint density at radius 1 is 1.21 bits per heavy atom. The number of anilines is 2. The molecule has 0 aromatic carbocycles. The van der Waals surface area contributed by atoms with Crippen molar-refractivity contribution in [3.05, 3.63) is 11.9 Å². The normalized spacial score (nSPS) is 11.4. The summed E-state index contributed by atoms with van der Waals surface area (Å²) in [6.45, 7) is 3.58. The van der Waals surface area contributed by atoms with Gasteiger partial charge in [-0.15, -0.1) is 0 Å². The molecular formula is C12H23N5O2. The van der Waals surface area contributed by atoms with Crippen molar-refractivity contribution in [2.45, 2.75) is 38.6 Å². The molecule has 1 aromatic rings. The number of aliphatic hydroxyl groups is 2. The number of nitrogens with two attached hydrogens (primary N) is 1. The predicted molar refractivity (Wildman–Crippen MR) is 74.7 cm³/mol. The van der Waals surface area contributed by atoms with Crippen LogP contribution in [0.5, 0.6) is 0 Å². The van der Waals surface area contributed by atoms with Gasteiger partial charge in [0.05, 0.1) is 18.8 Å². The summed E-state index contributed by atoms with van der Waals surface area (Å²) in [7, 11) is 0. The third-order valence-electron chi connectivity index (χ3n) is 3.25. The minimum absolute atomic E-state index is 0.180. The fourth-order valence-electron chi connectivity index (χ4n) is 1.82. The van der Waals surface area contributed by atoms with E-state index in [1.165, 1.54) is 6.33 Å². The number of aliphatic hydroxyl groups excluding tert-OH is 2. The first-order chi connectivity index (χ1) is 9.16. The highest BCUT2D eigenvalue weighted by molar-refractivity contribution is 5.58. The zero-order valence-corrected chi connectivity index (χ0v) is 11.5. The summed E-state index contributed by atoms with van der Waals surface area (Å²) in [5.74, 6) is 6.59. The second-order valence-corrected chi connectivity index (χ2v) is 4.52. The fraction of sp³-hybridized carbons (Fsp3) is 0.667. The van der Waals surface area contributed by atoms with E-state index in [9.17, 15) is 10.2 Å². The van der Waals surface area contributed by atoms with Gasteiger partial charge in [-0.05, 0) is 12.8 Å². The Hall–Kier alpha value is -1.44. The second kappa shape index (κ2) is 7.22. The number of aromatic nitrogens is 2. The lowest BCUT2D eigenvalue weighted by molar-refractivity contribution is 0.132. The monoisotopic (exact) mass is 269 g/mol. The minimum Gasteiger partial charge on any atom is -0.394 e. The van der Waals surface area contributed by atoms with E-state index in [1.54, 1.807) is 0 Å². The maximum Gasteiger partial charge on any atom is 0.148 e. The Labute approximate surface area is 113 Å². The first-order valence-corrected chi connectivity index (χ1v) is 6.46. The van der Waals surface area contributed by atoms with Crippen molar-refractivity contribution in [1.29, 1.82) is 0 Å². The Morgan fingerprint density at radius 3 is 2.32 bits per heavy atom. The molecule has 1 rings (SSSR count).